The molecule has 0 amide bonds. The highest BCUT2D eigenvalue weighted by Crippen LogP contribution is 2.26. The highest BCUT2D eigenvalue weighted by atomic mass is 15.3. The molecule has 0 spiro atoms. The number of aromatic nitrogens is 4. The van der Waals surface area contributed by atoms with Gasteiger partial charge in [-0.15, -0.1) is 0 Å². The number of imidazole rings is 1. The summed E-state index contributed by atoms with van der Waals surface area (Å²) < 4.78 is 0. The average molecular weight is 275 g/mol. The van der Waals surface area contributed by atoms with Gasteiger partial charge in [-0.2, -0.15) is 9.97 Å². The van der Waals surface area contributed by atoms with Crippen LogP contribution in [-0.2, 0) is 0 Å². The van der Waals surface area contributed by atoms with E-state index in [9.17, 15) is 0 Å². The van der Waals surface area contributed by atoms with E-state index in [2.05, 4.69) is 55.9 Å². The van der Waals surface area contributed by atoms with Crippen LogP contribution in [0.4, 0.5) is 11.8 Å². The molecule has 2 aromatic heterocycles. The third-order valence-electron chi connectivity index (χ3n) is 4.15. The first-order valence-electron chi connectivity index (χ1n) is 6.96. The lowest BCUT2D eigenvalue weighted by atomic mass is 10.1. The van der Waals surface area contributed by atoms with E-state index in [1.54, 1.807) is 6.33 Å². The highest BCUT2D eigenvalue weighted by molar-refractivity contribution is 5.84. The summed E-state index contributed by atoms with van der Waals surface area (Å²) in [7, 11) is 4.00. The molecule has 7 heteroatoms. The van der Waals surface area contributed by atoms with E-state index in [0.29, 0.717) is 23.7 Å². The molecule has 0 radical (unpaired) electrons. The number of anilines is 2. The minimum atomic E-state index is 0.490. The lowest BCUT2D eigenvalue weighted by Crippen LogP contribution is -2.55. The van der Waals surface area contributed by atoms with E-state index in [-0.39, 0.29) is 0 Å². The van der Waals surface area contributed by atoms with Gasteiger partial charge in [0.1, 0.15) is 5.52 Å². The van der Waals surface area contributed by atoms with Crippen molar-refractivity contribution in [2.75, 3.05) is 37.4 Å². The fraction of sp³-hybridized carbons (Fsp3) is 0.615. The van der Waals surface area contributed by atoms with E-state index in [0.717, 1.165) is 24.4 Å². The number of H-pyrrole nitrogens is 1. The van der Waals surface area contributed by atoms with Crippen molar-refractivity contribution < 1.29 is 0 Å². The summed E-state index contributed by atoms with van der Waals surface area (Å²) in [6.45, 7) is 6.39. The number of likely N-dealkylation sites (N-methyl/N-ethyl adjacent to an activating group) is 1. The fourth-order valence-corrected chi connectivity index (χ4v) is 2.74. The first-order chi connectivity index (χ1) is 9.60. The fourth-order valence-electron chi connectivity index (χ4n) is 2.74. The van der Waals surface area contributed by atoms with Gasteiger partial charge in [0, 0.05) is 32.2 Å². The van der Waals surface area contributed by atoms with Gasteiger partial charge in [0.15, 0.2) is 11.5 Å². The molecule has 1 fully saturated rings. The number of piperazine rings is 1. The maximum atomic E-state index is 4.62. The van der Waals surface area contributed by atoms with Gasteiger partial charge in [-0.1, -0.05) is 0 Å². The van der Waals surface area contributed by atoms with Crippen LogP contribution in [0, 0.1) is 0 Å². The van der Waals surface area contributed by atoms with E-state index >= 15 is 0 Å². The SMILES string of the molecule is CNc1nc(N2CC(C)N(C)C(C)C2)c2[nH]cnc2n1. The number of hydrogen-bond donors (Lipinski definition) is 2. The molecule has 1 saturated heterocycles. The second kappa shape index (κ2) is 4.90. The van der Waals surface area contributed by atoms with Crippen LogP contribution in [0.3, 0.4) is 0 Å². The van der Waals surface area contributed by atoms with E-state index in [1.807, 2.05) is 7.05 Å². The van der Waals surface area contributed by atoms with Crippen LogP contribution in [0.2, 0.25) is 0 Å². The molecule has 108 valence electrons. The highest BCUT2D eigenvalue weighted by Gasteiger charge is 2.29. The summed E-state index contributed by atoms with van der Waals surface area (Å²) in [5, 5.41) is 3.01. The smallest absolute Gasteiger partial charge is 0.226 e. The van der Waals surface area contributed by atoms with Crippen LogP contribution in [-0.4, -0.2) is 64.1 Å². The number of rotatable bonds is 2. The van der Waals surface area contributed by atoms with Crippen molar-refractivity contribution >= 4 is 22.9 Å². The molecule has 1 aliphatic heterocycles. The molecular formula is C13H21N7. The van der Waals surface area contributed by atoms with Gasteiger partial charge in [0.25, 0.3) is 0 Å². The topological polar surface area (TPSA) is 73.0 Å². The zero-order valence-electron chi connectivity index (χ0n) is 12.4. The van der Waals surface area contributed by atoms with Gasteiger partial charge in [-0.3, -0.25) is 4.90 Å². The Morgan fingerprint density at radius 3 is 2.60 bits per heavy atom. The normalized spacial score (nSPS) is 24.3. The molecule has 3 rings (SSSR count). The molecular weight excluding hydrogens is 254 g/mol. The van der Waals surface area contributed by atoms with Crippen molar-refractivity contribution in [3.8, 4) is 0 Å². The van der Waals surface area contributed by atoms with Crippen molar-refractivity contribution in [2.24, 2.45) is 0 Å². The Balaban J connectivity index is 2.02. The lowest BCUT2D eigenvalue weighted by Gasteiger charge is -2.43. The Hall–Kier alpha value is -1.89. The number of fused-ring (bicyclic) bond motifs is 1. The molecule has 0 saturated carbocycles. The molecule has 1 aliphatic rings. The lowest BCUT2D eigenvalue weighted by molar-refractivity contribution is 0.170. The maximum Gasteiger partial charge on any atom is 0.226 e. The number of nitrogens with zero attached hydrogens (tertiary/aromatic N) is 5. The number of aromatic amines is 1. The predicted molar refractivity (Wildman–Crippen MR) is 80.1 cm³/mol. The van der Waals surface area contributed by atoms with Crippen LogP contribution in [0.1, 0.15) is 13.8 Å². The molecule has 0 aliphatic carbocycles. The summed E-state index contributed by atoms with van der Waals surface area (Å²) in [6.07, 6.45) is 1.67. The van der Waals surface area contributed by atoms with Gasteiger partial charge >= 0.3 is 0 Å². The summed E-state index contributed by atoms with van der Waals surface area (Å²) in [5.41, 5.74) is 1.62. The molecule has 3 heterocycles. The van der Waals surface area contributed by atoms with Crippen molar-refractivity contribution in [3.05, 3.63) is 6.33 Å². The predicted octanol–water partition coefficient (Wildman–Crippen LogP) is 0.923. The van der Waals surface area contributed by atoms with Crippen LogP contribution in [0.25, 0.3) is 11.2 Å². The molecule has 2 atom stereocenters. The Morgan fingerprint density at radius 1 is 1.25 bits per heavy atom. The molecule has 0 aromatic carbocycles. The molecule has 2 aromatic rings. The quantitative estimate of drug-likeness (QED) is 0.849. The maximum absolute atomic E-state index is 4.62. The zero-order valence-corrected chi connectivity index (χ0v) is 12.4. The van der Waals surface area contributed by atoms with Crippen molar-refractivity contribution in [1.29, 1.82) is 0 Å². The third-order valence-corrected chi connectivity index (χ3v) is 4.15. The molecule has 7 nitrogen and oxygen atoms in total. The number of hydrogen-bond acceptors (Lipinski definition) is 6. The third kappa shape index (κ3) is 2.07. The second-order valence-corrected chi connectivity index (χ2v) is 5.49. The number of nitrogens with one attached hydrogen (secondary N) is 2. The summed E-state index contributed by atoms with van der Waals surface area (Å²) in [6, 6.07) is 0.981. The molecule has 2 unspecified atom stereocenters. The van der Waals surface area contributed by atoms with E-state index in [4.69, 9.17) is 0 Å². The Kier molecular flexibility index (Phi) is 3.21. The zero-order chi connectivity index (χ0) is 14.3. The van der Waals surface area contributed by atoms with Gasteiger partial charge in [0.05, 0.1) is 6.33 Å². The van der Waals surface area contributed by atoms with Crippen molar-refractivity contribution in [1.82, 2.24) is 24.8 Å². The van der Waals surface area contributed by atoms with E-state index < -0.39 is 0 Å². The van der Waals surface area contributed by atoms with Gasteiger partial charge in [0.2, 0.25) is 5.95 Å². The molecule has 2 N–H and O–H groups in total. The Morgan fingerprint density at radius 2 is 1.95 bits per heavy atom. The largest absolute Gasteiger partial charge is 0.357 e. The minimum absolute atomic E-state index is 0.490. The van der Waals surface area contributed by atoms with Crippen LogP contribution in [0.15, 0.2) is 6.33 Å². The van der Waals surface area contributed by atoms with Crippen LogP contribution < -0.4 is 10.2 Å². The van der Waals surface area contributed by atoms with Gasteiger partial charge in [-0.05, 0) is 20.9 Å². The second-order valence-electron chi connectivity index (χ2n) is 5.49. The van der Waals surface area contributed by atoms with Gasteiger partial charge in [-0.25, -0.2) is 4.98 Å². The first-order valence-corrected chi connectivity index (χ1v) is 6.96. The van der Waals surface area contributed by atoms with Crippen molar-refractivity contribution in [3.63, 3.8) is 0 Å². The first kappa shape index (κ1) is 13.1. The Bertz CT molecular complexity index is 596. The van der Waals surface area contributed by atoms with E-state index in [1.165, 1.54) is 0 Å². The van der Waals surface area contributed by atoms with Crippen molar-refractivity contribution in [2.45, 2.75) is 25.9 Å². The summed E-state index contributed by atoms with van der Waals surface area (Å²) in [5.74, 6) is 1.54. The van der Waals surface area contributed by atoms with Crippen LogP contribution >= 0.6 is 0 Å². The summed E-state index contributed by atoms with van der Waals surface area (Å²) in [4.78, 5) is 21.1. The molecule has 20 heavy (non-hydrogen) atoms. The Labute approximate surface area is 118 Å². The molecule has 0 bridgehead atoms. The summed E-state index contributed by atoms with van der Waals surface area (Å²) >= 11 is 0. The minimum Gasteiger partial charge on any atom is -0.357 e. The van der Waals surface area contributed by atoms with Gasteiger partial charge < -0.3 is 15.2 Å². The monoisotopic (exact) mass is 275 g/mol. The standard InChI is InChI=1S/C13H21N7/c1-8-5-20(6-9(2)19(8)4)12-10-11(16-7-15-10)17-13(14-3)18-12/h7-9H,5-6H2,1-4H3,(H2,14,15,16,17,18). The van der Waals surface area contributed by atoms with Crippen LogP contribution in [0.5, 0.6) is 0 Å². The average Bonchev–Trinajstić information content (AvgIpc) is 2.91.